The van der Waals surface area contributed by atoms with E-state index < -0.39 is 0 Å². The summed E-state index contributed by atoms with van der Waals surface area (Å²) in [6.45, 7) is 0.803. The van der Waals surface area contributed by atoms with E-state index in [1.54, 1.807) is 19.5 Å². The van der Waals surface area contributed by atoms with Crippen molar-refractivity contribution in [3.63, 3.8) is 0 Å². The molecule has 0 radical (unpaired) electrons. The Balaban J connectivity index is 1.97. The van der Waals surface area contributed by atoms with Gasteiger partial charge in [-0.2, -0.15) is 0 Å². The molecule has 0 aliphatic carbocycles. The van der Waals surface area contributed by atoms with Gasteiger partial charge in [-0.05, 0) is 17.7 Å². The fourth-order valence-electron chi connectivity index (χ4n) is 1.44. The molecule has 0 aliphatic heterocycles. The zero-order valence-corrected chi connectivity index (χ0v) is 10.2. The number of benzene rings is 1. The maximum atomic E-state index is 5.52. The van der Waals surface area contributed by atoms with E-state index in [1.807, 2.05) is 24.3 Å². The summed E-state index contributed by atoms with van der Waals surface area (Å²) in [6.07, 6.45) is 3.18. The van der Waals surface area contributed by atoms with Crippen LogP contribution in [-0.2, 0) is 13.2 Å². The minimum atomic E-state index is 0.378. The summed E-state index contributed by atoms with van der Waals surface area (Å²) in [5.41, 5.74) is 7.19. The fraction of sp³-hybridized carbons (Fsp3) is 0.231. The maximum Gasteiger partial charge on any atom is 0.232 e. The Bertz CT molecular complexity index is 500. The van der Waals surface area contributed by atoms with Gasteiger partial charge in [-0.15, -0.1) is 0 Å². The van der Waals surface area contributed by atoms with E-state index in [-0.39, 0.29) is 0 Å². The molecule has 5 nitrogen and oxygen atoms in total. The van der Waals surface area contributed by atoms with Crippen LogP contribution in [0.25, 0.3) is 0 Å². The third-order valence-electron chi connectivity index (χ3n) is 2.41. The van der Waals surface area contributed by atoms with E-state index in [9.17, 15) is 0 Å². The van der Waals surface area contributed by atoms with Crippen molar-refractivity contribution in [2.24, 2.45) is 5.73 Å². The molecule has 0 fully saturated rings. The van der Waals surface area contributed by atoms with Gasteiger partial charge in [-0.25, -0.2) is 4.98 Å². The van der Waals surface area contributed by atoms with E-state index in [0.717, 1.165) is 17.0 Å². The monoisotopic (exact) mass is 245 g/mol. The van der Waals surface area contributed by atoms with Crippen molar-refractivity contribution >= 4 is 0 Å². The number of rotatable bonds is 5. The van der Waals surface area contributed by atoms with Gasteiger partial charge >= 0.3 is 0 Å². The van der Waals surface area contributed by atoms with Gasteiger partial charge in [0.05, 0.1) is 25.2 Å². The molecular formula is C13H15N3O2. The van der Waals surface area contributed by atoms with Crippen LogP contribution in [0.5, 0.6) is 11.6 Å². The van der Waals surface area contributed by atoms with E-state index in [0.29, 0.717) is 19.0 Å². The van der Waals surface area contributed by atoms with E-state index >= 15 is 0 Å². The van der Waals surface area contributed by atoms with Gasteiger partial charge in [0.1, 0.15) is 12.4 Å². The standard InChI is InChI=1S/C13H15N3O2/c1-17-12-4-2-3-10(5-12)9-18-13-8-15-11(6-14)7-16-13/h2-5,7-8H,6,9,14H2,1H3. The van der Waals surface area contributed by atoms with Gasteiger partial charge in [0, 0.05) is 6.54 Å². The van der Waals surface area contributed by atoms with Crippen LogP contribution in [0.4, 0.5) is 0 Å². The van der Waals surface area contributed by atoms with Crippen molar-refractivity contribution in [3.05, 3.63) is 47.9 Å². The summed E-state index contributed by atoms with van der Waals surface area (Å²) >= 11 is 0. The van der Waals surface area contributed by atoms with Gasteiger partial charge in [0.2, 0.25) is 5.88 Å². The normalized spacial score (nSPS) is 10.1. The predicted molar refractivity (Wildman–Crippen MR) is 67.2 cm³/mol. The zero-order chi connectivity index (χ0) is 12.8. The van der Waals surface area contributed by atoms with Crippen LogP contribution >= 0.6 is 0 Å². The van der Waals surface area contributed by atoms with E-state index in [1.165, 1.54) is 0 Å². The van der Waals surface area contributed by atoms with Crippen LogP contribution in [0.2, 0.25) is 0 Å². The number of nitrogens with zero attached hydrogens (tertiary/aromatic N) is 2. The molecule has 0 spiro atoms. The molecule has 0 bridgehead atoms. The summed E-state index contributed by atoms with van der Waals surface area (Å²) in [6, 6.07) is 7.69. The Morgan fingerprint density at radius 3 is 2.78 bits per heavy atom. The lowest BCUT2D eigenvalue weighted by atomic mass is 10.2. The first-order valence-corrected chi connectivity index (χ1v) is 5.58. The summed E-state index contributed by atoms with van der Waals surface area (Å²) in [7, 11) is 1.64. The van der Waals surface area contributed by atoms with Crippen molar-refractivity contribution in [2.75, 3.05) is 7.11 Å². The topological polar surface area (TPSA) is 70.3 Å². The summed E-state index contributed by atoms with van der Waals surface area (Å²) in [4.78, 5) is 8.22. The second kappa shape index (κ2) is 5.97. The van der Waals surface area contributed by atoms with Gasteiger partial charge in [0.25, 0.3) is 0 Å². The lowest BCUT2D eigenvalue weighted by molar-refractivity contribution is 0.291. The van der Waals surface area contributed by atoms with Crippen LogP contribution in [0.1, 0.15) is 11.3 Å². The molecule has 2 rings (SSSR count). The van der Waals surface area contributed by atoms with Crippen LogP contribution < -0.4 is 15.2 Å². The van der Waals surface area contributed by atoms with Crippen LogP contribution in [0.3, 0.4) is 0 Å². The third kappa shape index (κ3) is 3.18. The molecule has 0 saturated heterocycles. The average molecular weight is 245 g/mol. The predicted octanol–water partition coefficient (Wildman–Crippen LogP) is 1.52. The highest BCUT2D eigenvalue weighted by atomic mass is 16.5. The van der Waals surface area contributed by atoms with Crippen molar-refractivity contribution in [2.45, 2.75) is 13.2 Å². The molecule has 0 amide bonds. The molecule has 5 heteroatoms. The first kappa shape index (κ1) is 12.3. The number of ether oxygens (including phenoxy) is 2. The Kier molecular flexibility index (Phi) is 4.09. The van der Waals surface area contributed by atoms with E-state index in [4.69, 9.17) is 15.2 Å². The van der Waals surface area contributed by atoms with Crippen molar-refractivity contribution in [3.8, 4) is 11.6 Å². The van der Waals surface area contributed by atoms with Gasteiger partial charge < -0.3 is 15.2 Å². The van der Waals surface area contributed by atoms with Crippen LogP contribution in [0.15, 0.2) is 36.7 Å². The molecule has 2 N–H and O–H groups in total. The SMILES string of the molecule is COc1cccc(COc2cnc(CN)cn2)c1. The highest BCUT2D eigenvalue weighted by molar-refractivity contribution is 5.28. The number of aromatic nitrogens is 2. The second-order valence-corrected chi connectivity index (χ2v) is 3.69. The molecule has 1 aromatic carbocycles. The molecule has 0 atom stereocenters. The lowest BCUT2D eigenvalue weighted by Crippen LogP contribution is -2.02. The molecule has 18 heavy (non-hydrogen) atoms. The molecule has 0 unspecified atom stereocenters. The van der Waals surface area contributed by atoms with Crippen LogP contribution in [0, 0.1) is 0 Å². The zero-order valence-electron chi connectivity index (χ0n) is 10.2. The van der Waals surface area contributed by atoms with Gasteiger partial charge in [-0.3, -0.25) is 4.98 Å². The first-order valence-electron chi connectivity index (χ1n) is 5.58. The second-order valence-electron chi connectivity index (χ2n) is 3.69. The minimum Gasteiger partial charge on any atom is -0.497 e. The van der Waals surface area contributed by atoms with Gasteiger partial charge in [0.15, 0.2) is 0 Å². The van der Waals surface area contributed by atoms with Crippen molar-refractivity contribution in [1.29, 1.82) is 0 Å². The first-order chi connectivity index (χ1) is 8.81. The summed E-state index contributed by atoms with van der Waals surface area (Å²) in [5.74, 6) is 1.29. The Labute approximate surface area is 106 Å². The van der Waals surface area contributed by atoms with Crippen LogP contribution in [-0.4, -0.2) is 17.1 Å². The smallest absolute Gasteiger partial charge is 0.232 e. The Hall–Kier alpha value is -2.14. The highest BCUT2D eigenvalue weighted by Crippen LogP contribution is 2.14. The fourth-order valence-corrected chi connectivity index (χ4v) is 1.44. The molecular weight excluding hydrogens is 230 g/mol. The lowest BCUT2D eigenvalue weighted by Gasteiger charge is -2.06. The molecule has 1 aromatic heterocycles. The molecule has 2 aromatic rings. The third-order valence-corrected chi connectivity index (χ3v) is 2.41. The largest absolute Gasteiger partial charge is 0.497 e. The van der Waals surface area contributed by atoms with Gasteiger partial charge in [-0.1, -0.05) is 12.1 Å². The van der Waals surface area contributed by atoms with E-state index in [2.05, 4.69) is 9.97 Å². The Morgan fingerprint density at radius 1 is 1.22 bits per heavy atom. The van der Waals surface area contributed by atoms with Crippen molar-refractivity contribution < 1.29 is 9.47 Å². The molecule has 0 saturated carbocycles. The number of hydrogen-bond donors (Lipinski definition) is 1. The minimum absolute atomic E-state index is 0.378. The average Bonchev–Trinajstić information content (AvgIpc) is 2.46. The molecule has 0 aliphatic rings. The number of hydrogen-bond acceptors (Lipinski definition) is 5. The summed E-state index contributed by atoms with van der Waals surface area (Å²) < 4.78 is 10.7. The summed E-state index contributed by atoms with van der Waals surface area (Å²) in [5, 5.41) is 0. The number of nitrogens with two attached hydrogens (primary N) is 1. The molecule has 1 heterocycles. The highest BCUT2D eigenvalue weighted by Gasteiger charge is 2.00. The van der Waals surface area contributed by atoms with Crippen molar-refractivity contribution in [1.82, 2.24) is 9.97 Å². The number of methoxy groups -OCH3 is 1. The quantitative estimate of drug-likeness (QED) is 0.864. The maximum absolute atomic E-state index is 5.52. The molecule has 94 valence electrons. The Morgan fingerprint density at radius 2 is 2.11 bits per heavy atom.